The molecule has 5 nitrogen and oxygen atoms in total. The van der Waals surface area contributed by atoms with Crippen LogP contribution in [-0.4, -0.2) is 27.6 Å². The third-order valence-electron chi connectivity index (χ3n) is 2.90. The molecule has 0 radical (unpaired) electrons. The molecule has 0 aromatic heterocycles. The molecule has 0 aliphatic carbocycles. The number of hydrogen-bond acceptors (Lipinski definition) is 4. The molecule has 1 aromatic carbocycles. The van der Waals surface area contributed by atoms with E-state index >= 15 is 0 Å². The smallest absolute Gasteiger partial charge is 0.238 e. The van der Waals surface area contributed by atoms with E-state index in [0.717, 1.165) is 30.9 Å². The van der Waals surface area contributed by atoms with Gasteiger partial charge < -0.3 is 9.64 Å². The highest BCUT2D eigenvalue weighted by molar-refractivity contribution is 7.89. The Hall–Kier alpha value is -1.27. The first-order valence-corrected chi connectivity index (χ1v) is 7.55. The molecule has 1 aromatic rings. The van der Waals surface area contributed by atoms with Crippen LogP contribution in [-0.2, 0) is 10.0 Å². The van der Waals surface area contributed by atoms with E-state index in [9.17, 15) is 8.42 Å². The first kappa shape index (κ1) is 13.2. The second-order valence-electron chi connectivity index (χ2n) is 4.55. The maximum Gasteiger partial charge on any atom is 0.238 e. The molecule has 18 heavy (non-hydrogen) atoms. The van der Waals surface area contributed by atoms with Gasteiger partial charge in [0.2, 0.25) is 10.0 Å². The number of nitrogens with zero attached hydrogens (tertiary/aromatic N) is 1. The number of nitrogens with two attached hydrogens (primary N) is 1. The number of rotatable bonds is 3. The summed E-state index contributed by atoms with van der Waals surface area (Å²) in [5.74, 6) is 0.717. The molecule has 0 saturated heterocycles. The Bertz CT molecular complexity index is 542. The molecular weight excluding hydrogens is 252 g/mol. The van der Waals surface area contributed by atoms with Crippen molar-refractivity contribution >= 4 is 15.7 Å². The van der Waals surface area contributed by atoms with Crippen LogP contribution >= 0.6 is 0 Å². The van der Waals surface area contributed by atoms with Gasteiger partial charge in [-0.25, -0.2) is 13.6 Å². The molecule has 1 atom stereocenters. The molecule has 0 spiro atoms. The van der Waals surface area contributed by atoms with Crippen LogP contribution < -0.4 is 14.8 Å². The van der Waals surface area contributed by atoms with Crippen molar-refractivity contribution in [3.63, 3.8) is 0 Å². The Labute approximate surface area is 108 Å². The largest absolute Gasteiger partial charge is 0.487 e. The van der Waals surface area contributed by atoms with Crippen molar-refractivity contribution in [2.45, 2.75) is 31.3 Å². The van der Waals surface area contributed by atoms with Crippen molar-refractivity contribution in [1.29, 1.82) is 0 Å². The minimum absolute atomic E-state index is 0.101. The summed E-state index contributed by atoms with van der Waals surface area (Å²) in [7, 11) is -3.67. The number of ether oxygens (including phenoxy) is 1. The Morgan fingerprint density at radius 2 is 2.22 bits per heavy atom. The van der Waals surface area contributed by atoms with Crippen molar-refractivity contribution in [3.05, 3.63) is 18.2 Å². The first-order valence-electron chi connectivity index (χ1n) is 6.00. The minimum Gasteiger partial charge on any atom is -0.487 e. The Balaban J connectivity index is 2.46. The SMILES string of the molecule is CCCN1CC(C)Oc2ccc(S(N)(=O)=O)cc21. The zero-order valence-electron chi connectivity index (χ0n) is 10.6. The number of anilines is 1. The van der Waals surface area contributed by atoms with Gasteiger partial charge in [-0.1, -0.05) is 6.92 Å². The van der Waals surface area contributed by atoms with Crippen LogP contribution in [0.3, 0.4) is 0 Å². The van der Waals surface area contributed by atoms with E-state index in [1.165, 1.54) is 6.07 Å². The third-order valence-corrected chi connectivity index (χ3v) is 3.81. The minimum atomic E-state index is -3.67. The lowest BCUT2D eigenvalue weighted by molar-refractivity contribution is 0.212. The summed E-state index contributed by atoms with van der Waals surface area (Å²) in [4.78, 5) is 2.26. The fourth-order valence-electron chi connectivity index (χ4n) is 2.17. The number of fused-ring (bicyclic) bond motifs is 1. The van der Waals surface area contributed by atoms with Crippen molar-refractivity contribution < 1.29 is 13.2 Å². The average Bonchev–Trinajstić information content (AvgIpc) is 2.27. The Morgan fingerprint density at radius 1 is 1.50 bits per heavy atom. The number of benzene rings is 1. The summed E-state index contributed by atoms with van der Waals surface area (Å²) >= 11 is 0. The number of sulfonamides is 1. The summed E-state index contributed by atoms with van der Waals surface area (Å²) in [5.41, 5.74) is 0.807. The topological polar surface area (TPSA) is 72.6 Å². The van der Waals surface area contributed by atoms with Crippen LogP contribution in [0.5, 0.6) is 5.75 Å². The van der Waals surface area contributed by atoms with E-state index in [1.54, 1.807) is 12.1 Å². The van der Waals surface area contributed by atoms with E-state index in [4.69, 9.17) is 9.88 Å². The van der Waals surface area contributed by atoms with Crippen molar-refractivity contribution in [2.24, 2.45) is 5.14 Å². The summed E-state index contributed by atoms with van der Waals surface area (Å²) in [6.07, 6.45) is 1.09. The normalized spacial score (nSPS) is 19.3. The zero-order chi connectivity index (χ0) is 13.3. The lowest BCUT2D eigenvalue weighted by Crippen LogP contribution is -2.39. The summed E-state index contributed by atoms with van der Waals surface area (Å²) in [6, 6.07) is 4.75. The summed E-state index contributed by atoms with van der Waals surface area (Å²) < 4.78 is 28.4. The molecule has 100 valence electrons. The summed E-state index contributed by atoms with van der Waals surface area (Å²) in [6.45, 7) is 5.71. The molecule has 1 aliphatic rings. The second-order valence-corrected chi connectivity index (χ2v) is 6.11. The molecule has 0 fully saturated rings. The molecule has 2 N–H and O–H groups in total. The van der Waals surface area contributed by atoms with Gasteiger partial charge in [-0.3, -0.25) is 0 Å². The highest BCUT2D eigenvalue weighted by atomic mass is 32.2. The number of hydrogen-bond donors (Lipinski definition) is 1. The van der Waals surface area contributed by atoms with Gasteiger partial charge in [-0.15, -0.1) is 0 Å². The maximum atomic E-state index is 11.4. The monoisotopic (exact) mass is 270 g/mol. The quantitative estimate of drug-likeness (QED) is 0.899. The molecule has 0 bridgehead atoms. The molecule has 0 saturated carbocycles. The Kier molecular flexibility index (Phi) is 3.49. The fourth-order valence-corrected chi connectivity index (χ4v) is 2.70. The van der Waals surface area contributed by atoms with Crippen LogP contribution in [0, 0.1) is 0 Å². The van der Waals surface area contributed by atoms with Gasteiger partial charge >= 0.3 is 0 Å². The molecule has 1 aliphatic heterocycles. The van der Waals surface area contributed by atoms with Crippen LogP contribution in [0.1, 0.15) is 20.3 Å². The zero-order valence-corrected chi connectivity index (χ0v) is 11.4. The van der Waals surface area contributed by atoms with Gasteiger partial charge in [-0.05, 0) is 31.5 Å². The average molecular weight is 270 g/mol. The predicted octanol–water partition coefficient (Wildman–Crippen LogP) is 1.33. The van der Waals surface area contributed by atoms with Gasteiger partial charge in [0.25, 0.3) is 0 Å². The van der Waals surface area contributed by atoms with E-state index in [1.807, 2.05) is 6.92 Å². The van der Waals surface area contributed by atoms with Gasteiger partial charge in [0.05, 0.1) is 17.1 Å². The standard InChI is InChI=1S/C12H18N2O3S/c1-3-6-14-8-9(2)17-12-5-4-10(7-11(12)14)18(13,15)16/h4-5,7,9H,3,6,8H2,1-2H3,(H2,13,15,16). The van der Waals surface area contributed by atoms with Crippen LogP contribution in [0.4, 0.5) is 5.69 Å². The lowest BCUT2D eigenvalue weighted by atomic mass is 10.2. The van der Waals surface area contributed by atoms with E-state index < -0.39 is 10.0 Å². The van der Waals surface area contributed by atoms with Crippen LogP contribution in [0.2, 0.25) is 0 Å². The molecule has 6 heteroatoms. The first-order chi connectivity index (χ1) is 8.41. The van der Waals surface area contributed by atoms with Gasteiger partial charge in [0, 0.05) is 6.54 Å². The second kappa shape index (κ2) is 4.78. The highest BCUT2D eigenvalue weighted by Crippen LogP contribution is 2.35. The molecule has 1 heterocycles. The van der Waals surface area contributed by atoms with E-state index in [0.29, 0.717) is 0 Å². The van der Waals surface area contributed by atoms with E-state index in [-0.39, 0.29) is 11.0 Å². The van der Waals surface area contributed by atoms with E-state index in [2.05, 4.69) is 11.8 Å². The third kappa shape index (κ3) is 2.59. The van der Waals surface area contributed by atoms with Gasteiger partial charge in [0.1, 0.15) is 11.9 Å². The molecular formula is C12H18N2O3S. The van der Waals surface area contributed by atoms with Crippen LogP contribution in [0.15, 0.2) is 23.1 Å². The van der Waals surface area contributed by atoms with Crippen molar-refractivity contribution in [2.75, 3.05) is 18.0 Å². The van der Waals surface area contributed by atoms with Gasteiger partial charge in [0.15, 0.2) is 0 Å². The predicted molar refractivity (Wildman–Crippen MR) is 70.4 cm³/mol. The fraction of sp³-hybridized carbons (Fsp3) is 0.500. The van der Waals surface area contributed by atoms with Gasteiger partial charge in [-0.2, -0.15) is 0 Å². The number of primary sulfonamides is 1. The van der Waals surface area contributed by atoms with Crippen molar-refractivity contribution in [3.8, 4) is 5.75 Å². The Morgan fingerprint density at radius 3 is 2.83 bits per heavy atom. The maximum absolute atomic E-state index is 11.4. The molecule has 0 amide bonds. The summed E-state index contributed by atoms with van der Waals surface area (Å²) in [5, 5.41) is 5.15. The lowest BCUT2D eigenvalue weighted by Gasteiger charge is -2.35. The molecule has 1 unspecified atom stereocenters. The van der Waals surface area contributed by atoms with Crippen LogP contribution in [0.25, 0.3) is 0 Å². The van der Waals surface area contributed by atoms with Crippen molar-refractivity contribution in [1.82, 2.24) is 0 Å². The molecule has 2 rings (SSSR count). The highest BCUT2D eigenvalue weighted by Gasteiger charge is 2.24.